The molecule has 3 nitrogen and oxygen atoms in total. The summed E-state index contributed by atoms with van der Waals surface area (Å²) in [6.07, 6.45) is -6.14. The van der Waals surface area contributed by atoms with Gasteiger partial charge in [-0.3, -0.25) is 9.59 Å². The van der Waals surface area contributed by atoms with Crippen LogP contribution in [0.5, 0.6) is 0 Å². The monoisotopic (exact) mass is 210 g/mol. The van der Waals surface area contributed by atoms with Crippen LogP contribution in [0.1, 0.15) is 19.8 Å². The van der Waals surface area contributed by atoms with E-state index in [4.69, 9.17) is 0 Å². The van der Waals surface area contributed by atoms with Gasteiger partial charge in [0.1, 0.15) is 11.2 Å². The highest BCUT2D eigenvalue weighted by molar-refractivity contribution is 6.03. The summed E-state index contributed by atoms with van der Waals surface area (Å²) in [4.78, 5) is 22.1. The molecule has 0 radical (unpaired) electrons. The standard InChI is InChI=1S/C8H9F3O3/c1-5(12)7(4-8(9,10)11)2-3-14-6(7)13/h2-4H2,1H3. The summed E-state index contributed by atoms with van der Waals surface area (Å²) in [7, 11) is 0. The third-order valence-corrected chi connectivity index (χ3v) is 2.33. The van der Waals surface area contributed by atoms with Crippen molar-refractivity contribution >= 4 is 11.8 Å². The van der Waals surface area contributed by atoms with Crippen LogP contribution in [0, 0.1) is 5.41 Å². The molecule has 0 saturated carbocycles. The summed E-state index contributed by atoms with van der Waals surface area (Å²) in [5.74, 6) is -1.83. The minimum atomic E-state index is -4.53. The first-order valence-corrected chi connectivity index (χ1v) is 4.03. The zero-order chi connectivity index (χ0) is 11.0. The first-order valence-electron chi connectivity index (χ1n) is 4.03. The quantitative estimate of drug-likeness (QED) is 0.512. The topological polar surface area (TPSA) is 43.4 Å². The van der Waals surface area contributed by atoms with Gasteiger partial charge < -0.3 is 4.74 Å². The van der Waals surface area contributed by atoms with Crippen molar-refractivity contribution in [2.75, 3.05) is 6.61 Å². The fourth-order valence-electron chi connectivity index (χ4n) is 1.51. The molecular formula is C8H9F3O3. The van der Waals surface area contributed by atoms with E-state index < -0.39 is 29.8 Å². The third kappa shape index (κ3) is 1.88. The molecule has 6 heteroatoms. The summed E-state index contributed by atoms with van der Waals surface area (Å²) in [6, 6.07) is 0. The molecule has 0 aromatic carbocycles. The van der Waals surface area contributed by atoms with Gasteiger partial charge in [-0.1, -0.05) is 0 Å². The molecule has 0 aromatic heterocycles. The number of ether oxygens (including phenoxy) is 1. The van der Waals surface area contributed by atoms with Gasteiger partial charge in [-0.25, -0.2) is 0 Å². The Hall–Kier alpha value is -1.07. The molecule has 80 valence electrons. The molecule has 0 amide bonds. The van der Waals surface area contributed by atoms with Gasteiger partial charge in [0.05, 0.1) is 13.0 Å². The van der Waals surface area contributed by atoms with Gasteiger partial charge in [-0.15, -0.1) is 0 Å². The normalized spacial score (nSPS) is 27.6. The van der Waals surface area contributed by atoms with Crippen LogP contribution in [-0.4, -0.2) is 24.5 Å². The number of hydrogen-bond acceptors (Lipinski definition) is 3. The number of esters is 1. The van der Waals surface area contributed by atoms with Crippen LogP contribution < -0.4 is 0 Å². The highest BCUT2D eigenvalue weighted by Gasteiger charge is 2.55. The zero-order valence-corrected chi connectivity index (χ0v) is 7.48. The number of rotatable bonds is 2. The molecule has 1 unspecified atom stereocenters. The highest BCUT2D eigenvalue weighted by Crippen LogP contribution is 2.41. The SMILES string of the molecule is CC(=O)C1(CC(F)(F)F)CCOC1=O. The number of alkyl halides is 3. The molecule has 14 heavy (non-hydrogen) atoms. The zero-order valence-electron chi connectivity index (χ0n) is 7.48. The van der Waals surface area contributed by atoms with Gasteiger partial charge in [0.15, 0.2) is 0 Å². The first kappa shape index (κ1) is 11.0. The van der Waals surface area contributed by atoms with Gasteiger partial charge >= 0.3 is 12.1 Å². The van der Waals surface area contributed by atoms with E-state index in [0.717, 1.165) is 6.92 Å². The maximum atomic E-state index is 12.1. The number of hydrogen-bond donors (Lipinski definition) is 0. The molecule has 1 rings (SSSR count). The highest BCUT2D eigenvalue weighted by atomic mass is 19.4. The second kappa shape index (κ2) is 3.25. The Balaban J connectivity index is 2.94. The fraction of sp³-hybridized carbons (Fsp3) is 0.750. The van der Waals surface area contributed by atoms with E-state index in [-0.39, 0.29) is 13.0 Å². The Morgan fingerprint density at radius 2 is 2.14 bits per heavy atom. The van der Waals surface area contributed by atoms with Crippen LogP contribution in [0.4, 0.5) is 13.2 Å². The smallest absolute Gasteiger partial charge is 0.390 e. The number of cyclic esters (lactones) is 1. The second-order valence-corrected chi connectivity index (χ2v) is 3.32. The summed E-state index contributed by atoms with van der Waals surface area (Å²) in [6.45, 7) is 0.868. The van der Waals surface area contributed by atoms with Crippen molar-refractivity contribution in [1.82, 2.24) is 0 Å². The maximum absolute atomic E-state index is 12.1. The predicted octanol–water partition coefficient (Wildman–Crippen LogP) is 1.46. The van der Waals surface area contributed by atoms with Crippen molar-refractivity contribution in [2.24, 2.45) is 5.41 Å². The van der Waals surface area contributed by atoms with Crippen LogP contribution in [0.15, 0.2) is 0 Å². The van der Waals surface area contributed by atoms with Gasteiger partial charge in [0.25, 0.3) is 0 Å². The Labute approximate surface area is 78.2 Å². The first-order chi connectivity index (χ1) is 6.28. The lowest BCUT2D eigenvalue weighted by atomic mass is 9.79. The van der Waals surface area contributed by atoms with E-state index in [1.807, 2.05) is 0 Å². The van der Waals surface area contributed by atoms with E-state index in [9.17, 15) is 22.8 Å². The predicted molar refractivity (Wildman–Crippen MR) is 39.4 cm³/mol. The molecule has 1 atom stereocenters. The van der Waals surface area contributed by atoms with Crippen LogP contribution in [-0.2, 0) is 14.3 Å². The summed E-state index contributed by atoms with van der Waals surface area (Å²) in [5.41, 5.74) is -1.99. The van der Waals surface area contributed by atoms with Gasteiger partial charge in [-0.05, 0) is 6.92 Å². The molecule has 0 spiro atoms. The van der Waals surface area contributed by atoms with E-state index in [1.54, 1.807) is 0 Å². The number of carbonyl (C=O) groups is 2. The number of Topliss-reactive ketones (excluding diaryl/α,β-unsaturated/α-hetero) is 1. The second-order valence-electron chi connectivity index (χ2n) is 3.32. The number of ketones is 1. The molecule has 0 aromatic rings. The van der Waals surface area contributed by atoms with Crippen molar-refractivity contribution < 1.29 is 27.5 Å². The van der Waals surface area contributed by atoms with Gasteiger partial charge in [0.2, 0.25) is 0 Å². The Kier molecular flexibility index (Phi) is 2.56. The van der Waals surface area contributed by atoms with E-state index in [2.05, 4.69) is 4.74 Å². The average Bonchev–Trinajstić information content (AvgIpc) is 2.30. The summed E-state index contributed by atoms with van der Waals surface area (Å²) < 4.78 is 40.8. The van der Waals surface area contributed by atoms with Crippen LogP contribution in [0.2, 0.25) is 0 Å². The average molecular weight is 210 g/mol. The minimum Gasteiger partial charge on any atom is -0.465 e. The Bertz CT molecular complexity index is 271. The van der Waals surface area contributed by atoms with Crippen LogP contribution in [0.3, 0.4) is 0 Å². The number of carbonyl (C=O) groups excluding carboxylic acids is 2. The van der Waals surface area contributed by atoms with E-state index in [1.165, 1.54) is 0 Å². The fourth-order valence-corrected chi connectivity index (χ4v) is 1.51. The lowest BCUT2D eigenvalue weighted by molar-refractivity contribution is -0.176. The molecule has 1 fully saturated rings. The van der Waals surface area contributed by atoms with E-state index in [0.29, 0.717) is 0 Å². The summed E-state index contributed by atoms with van der Waals surface area (Å²) in [5, 5.41) is 0. The molecule has 1 aliphatic rings. The number of halogens is 3. The van der Waals surface area contributed by atoms with Crippen molar-refractivity contribution in [3.8, 4) is 0 Å². The van der Waals surface area contributed by atoms with E-state index >= 15 is 0 Å². The van der Waals surface area contributed by atoms with Crippen molar-refractivity contribution in [3.05, 3.63) is 0 Å². The van der Waals surface area contributed by atoms with Crippen LogP contribution in [0.25, 0.3) is 0 Å². The van der Waals surface area contributed by atoms with Crippen molar-refractivity contribution in [1.29, 1.82) is 0 Å². The molecule has 1 heterocycles. The lowest BCUT2D eigenvalue weighted by Crippen LogP contribution is -2.38. The largest absolute Gasteiger partial charge is 0.465 e. The molecular weight excluding hydrogens is 201 g/mol. The van der Waals surface area contributed by atoms with Crippen molar-refractivity contribution in [3.63, 3.8) is 0 Å². The molecule has 0 N–H and O–H groups in total. The molecule has 0 bridgehead atoms. The van der Waals surface area contributed by atoms with Crippen LogP contribution >= 0.6 is 0 Å². The molecule has 1 aliphatic heterocycles. The van der Waals surface area contributed by atoms with Gasteiger partial charge in [0, 0.05) is 6.42 Å². The lowest BCUT2D eigenvalue weighted by Gasteiger charge is -2.22. The molecule has 1 saturated heterocycles. The Morgan fingerprint density at radius 1 is 1.57 bits per heavy atom. The molecule has 0 aliphatic carbocycles. The van der Waals surface area contributed by atoms with Gasteiger partial charge in [-0.2, -0.15) is 13.2 Å². The third-order valence-electron chi connectivity index (χ3n) is 2.33. The minimum absolute atomic E-state index is 0.117. The Morgan fingerprint density at radius 3 is 2.43 bits per heavy atom. The van der Waals surface area contributed by atoms with Crippen molar-refractivity contribution in [2.45, 2.75) is 25.9 Å². The summed E-state index contributed by atoms with van der Waals surface area (Å²) >= 11 is 0. The maximum Gasteiger partial charge on any atom is 0.390 e.